The monoisotopic (exact) mass is 222 g/mol. The zero-order chi connectivity index (χ0) is 12.2. The Labute approximate surface area is 98.1 Å². The molecule has 2 atom stereocenters. The summed E-state index contributed by atoms with van der Waals surface area (Å²) in [5.41, 5.74) is 0.951. The lowest BCUT2D eigenvalue weighted by atomic mass is 9.86. The van der Waals surface area contributed by atoms with Gasteiger partial charge in [-0.25, -0.2) is 0 Å². The topological polar surface area (TPSA) is 36.4 Å². The molecule has 0 aromatic carbocycles. The lowest BCUT2D eigenvalue weighted by molar-refractivity contribution is 0.00300. The maximum absolute atomic E-state index is 10.3. The van der Waals surface area contributed by atoms with Crippen LogP contribution < -0.4 is 0 Å². The lowest BCUT2D eigenvalue weighted by Crippen LogP contribution is -2.51. The standard InChI is InChI=1S/C13H22N2O/c1-5-13(2,15(3)4)12(16)10-11-6-8-14-9-7-11/h6-9,12,16H,5,10H2,1-4H3. The van der Waals surface area contributed by atoms with Gasteiger partial charge in [0.25, 0.3) is 0 Å². The van der Waals surface area contributed by atoms with Crippen molar-refractivity contribution in [3.8, 4) is 0 Å². The van der Waals surface area contributed by atoms with Crippen molar-refractivity contribution in [3.63, 3.8) is 0 Å². The van der Waals surface area contributed by atoms with E-state index in [-0.39, 0.29) is 11.6 Å². The van der Waals surface area contributed by atoms with E-state index in [0.717, 1.165) is 12.0 Å². The number of pyridine rings is 1. The summed E-state index contributed by atoms with van der Waals surface area (Å²) >= 11 is 0. The van der Waals surface area contributed by atoms with Crippen molar-refractivity contribution in [2.45, 2.75) is 38.3 Å². The van der Waals surface area contributed by atoms with Gasteiger partial charge in [0.15, 0.2) is 0 Å². The van der Waals surface area contributed by atoms with Gasteiger partial charge in [-0.1, -0.05) is 6.92 Å². The van der Waals surface area contributed by atoms with Crippen LogP contribution in [0.25, 0.3) is 0 Å². The van der Waals surface area contributed by atoms with Crippen molar-refractivity contribution in [1.82, 2.24) is 9.88 Å². The van der Waals surface area contributed by atoms with Crippen LogP contribution >= 0.6 is 0 Å². The number of nitrogens with zero attached hydrogens (tertiary/aromatic N) is 2. The van der Waals surface area contributed by atoms with E-state index >= 15 is 0 Å². The summed E-state index contributed by atoms with van der Waals surface area (Å²) in [5, 5.41) is 10.3. The third kappa shape index (κ3) is 2.80. The van der Waals surface area contributed by atoms with Gasteiger partial charge >= 0.3 is 0 Å². The Morgan fingerprint density at radius 3 is 2.38 bits per heavy atom. The fourth-order valence-corrected chi connectivity index (χ4v) is 1.81. The number of aliphatic hydroxyl groups excluding tert-OH is 1. The lowest BCUT2D eigenvalue weighted by Gasteiger charge is -2.40. The van der Waals surface area contributed by atoms with Gasteiger partial charge in [0.2, 0.25) is 0 Å². The SMILES string of the molecule is CCC(C)(C(O)Cc1ccncc1)N(C)C. The van der Waals surface area contributed by atoms with Crippen LogP contribution in [-0.2, 0) is 6.42 Å². The minimum atomic E-state index is -0.366. The summed E-state index contributed by atoms with van der Waals surface area (Å²) in [7, 11) is 4.03. The maximum atomic E-state index is 10.3. The Kier molecular flexibility index (Phi) is 4.44. The molecular formula is C13H22N2O. The molecule has 0 spiro atoms. The van der Waals surface area contributed by atoms with Crippen LogP contribution in [0.15, 0.2) is 24.5 Å². The predicted molar refractivity (Wildman–Crippen MR) is 66.3 cm³/mol. The third-order valence-corrected chi connectivity index (χ3v) is 3.63. The summed E-state index contributed by atoms with van der Waals surface area (Å²) in [6.07, 6.45) is 4.76. The molecule has 90 valence electrons. The Morgan fingerprint density at radius 1 is 1.38 bits per heavy atom. The summed E-state index contributed by atoms with van der Waals surface area (Å²) in [4.78, 5) is 6.07. The smallest absolute Gasteiger partial charge is 0.0761 e. The van der Waals surface area contributed by atoms with Gasteiger partial charge in [-0.05, 0) is 45.1 Å². The van der Waals surface area contributed by atoms with Crippen molar-refractivity contribution in [2.75, 3.05) is 14.1 Å². The largest absolute Gasteiger partial charge is 0.391 e. The van der Waals surface area contributed by atoms with Crippen molar-refractivity contribution in [1.29, 1.82) is 0 Å². The first-order chi connectivity index (χ1) is 7.50. The van der Waals surface area contributed by atoms with Gasteiger partial charge in [0, 0.05) is 24.4 Å². The molecular weight excluding hydrogens is 200 g/mol. The van der Waals surface area contributed by atoms with E-state index in [1.807, 2.05) is 26.2 Å². The molecule has 1 heterocycles. The van der Waals surface area contributed by atoms with Gasteiger partial charge in [-0.15, -0.1) is 0 Å². The molecule has 0 aliphatic rings. The number of rotatable bonds is 5. The molecule has 1 N–H and O–H groups in total. The van der Waals surface area contributed by atoms with Crippen LogP contribution in [0.2, 0.25) is 0 Å². The molecule has 0 saturated carbocycles. The molecule has 1 aromatic rings. The minimum absolute atomic E-state index is 0.177. The van der Waals surface area contributed by atoms with Gasteiger partial charge < -0.3 is 10.0 Å². The Bertz CT molecular complexity index is 313. The highest BCUT2D eigenvalue weighted by Gasteiger charge is 2.33. The quantitative estimate of drug-likeness (QED) is 0.824. The summed E-state index contributed by atoms with van der Waals surface area (Å²) in [6, 6.07) is 3.91. The molecule has 0 aliphatic heterocycles. The molecule has 2 unspecified atom stereocenters. The zero-order valence-corrected chi connectivity index (χ0v) is 10.6. The predicted octanol–water partition coefficient (Wildman–Crippen LogP) is 1.72. The first-order valence-electron chi connectivity index (χ1n) is 5.75. The maximum Gasteiger partial charge on any atom is 0.0761 e. The summed E-state index contributed by atoms with van der Waals surface area (Å²) in [5.74, 6) is 0. The van der Waals surface area contributed by atoms with Crippen LogP contribution in [0.3, 0.4) is 0 Å². The summed E-state index contributed by atoms with van der Waals surface area (Å²) in [6.45, 7) is 4.20. The number of hydrogen-bond donors (Lipinski definition) is 1. The molecule has 0 fully saturated rings. The molecule has 3 nitrogen and oxygen atoms in total. The molecule has 0 saturated heterocycles. The van der Waals surface area contributed by atoms with E-state index in [9.17, 15) is 5.11 Å². The first kappa shape index (κ1) is 13.1. The van der Waals surface area contributed by atoms with E-state index < -0.39 is 0 Å². The molecule has 1 aromatic heterocycles. The van der Waals surface area contributed by atoms with E-state index in [1.54, 1.807) is 12.4 Å². The number of hydrogen-bond acceptors (Lipinski definition) is 3. The molecule has 1 rings (SSSR count). The van der Waals surface area contributed by atoms with Gasteiger partial charge in [0.1, 0.15) is 0 Å². The van der Waals surface area contributed by atoms with E-state index in [2.05, 4.69) is 23.7 Å². The van der Waals surface area contributed by atoms with Crippen molar-refractivity contribution < 1.29 is 5.11 Å². The van der Waals surface area contributed by atoms with E-state index in [1.165, 1.54) is 0 Å². The van der Waals surface area contributed by atoms with Crippen LogP contribution in [0, 0.1) is 0 Å². The fraction of sp³-hybridized carbons (Fsp3) is 0.615. The Hall–Kier alpha value is -0.930. The van der Waals surface area contributed by atoms with Crippen LogP contribution in [0.1, 0.15) is 25.8 Å². The highest BCUT2D eigenvalue weighted by Crippen LogP contribution is 2.23. The van der Waals surface area contributed by atoms with Crippen molar-refractivity contribution >= 4 is 0 Å². The first-order valence-corrected chi connectivity index (χ1v) is 5.75. The highest BCUT2D eigenvalue weighted by molar-refractivity contribution is 5.12. The molecule has 3 heteroatoms. The molecule has 0 aliphatic carbocycles. The zero-order valence-electron chi connectivity index (χ0n) is 10.6. The number of aromatic nitrogens is 1. The highest BCUT2D eigenvalue weighted by atomic mass is 16.3. The molecule has 0 bridgehead atoms. The van der Waals surface area contributed by atoms with E-state index in [0.29, 0.717) is 6.42 Å². The van der Waals surface area contributed by atoms with Crippen LogP contribution in [0.5, 0.6) is 0 Å². The van der Waals surface area contributed by atoms with Crippen molar-refractivity contribution in [3.05, 3.63) is 30.1 Å². The Balaban J connectivity index is 2.74. The van der Waals surface area contributed by atoms with Crippen LogP contribution in [0.4, 0.5) is 0 Å². The van der Waals surface area contributed by atoms with Gasteiger partial charge in [-0.2, -0.15) is 0 Å². The second-order valence-corrected chi connectivity index (χ2v) is 4.68. The van der Waals surface area contributed by atoms with E-state index in [4.69, 9.17) is 0 Å². The van der Waals surface area contributed by atoms with Gasteiger partial charge in [0.05, 0.1) is 6.10 Å². The number of aliphatic hydroxyl groups is 1. The number of likely N-dealkylation sites (N-methyl/N-ethyl adjacent to an activating group) is 1. The Morgan fingerprint density at radius 2 is 1.94 bits per heavy atom. The van der Waals surface area contributed by atoms with Gasteiger partial charge in [-0.3, -0.25) is 4.98 Å². The second kappa shape index (κ2) is 5.41. The van der Waals surface area contributed by atoms with Crippen LogP contribution in [-0.4, -0.2) is 40.7 Å². The third-order valence-electron chi connectivity index (χ3n) is 3.63. The second-order valence-electron chi connectivity index (χ2n) is 4.68. The normalized spacial score (nSPS) is 17.1. The molecule has 0 radical (unpaired) electrons. The average Bonchev–Trinajstić information content (AvgIpc) is 2.28. The molecule has 16 heavy (non-hydrogen) atoms. The molecule has 0 amide bonds. The fourth-order valence-electron chi connectivity index (χ4n) is 1.81. The minimum Gasteiger partial charge on any atom is -0.391 e. The average molecular weight is 222 g/mol. The summed E-state index contributed by atoms with van der Waals surface area (Å²) < 4.78 is 0. The van der Waals surface area contributed by atoms with Crippen molar-refractivity contribution in [2.24, 2.45) is 0 Å².